The first kappa shape index (κ1) is 15.8. The predicted octanol–water partition coefficient (Wildman–Crippen LogP) is 3.59. The molecule has 6 heteroatoms. The van der Waals surface area contributed by atoms with Gasteiger partial charge >= 0.3 is 0 Å². The van der Waals surface area contributed by atoms with Crippen molar-refractivity contribution in [2.24, 2.45) is 7.05 Å². The molecule has 0 bridgehead atoms. The van der Waals surface area contributed by atoms with Crippen molar-refractivity contribution >= 4 is 22.5 Å². The maximum atomic E-state index is 12.9. The highest BCUT2D eigenvalue weighted by molar-refractivity contribution is 6.13. The van der Waals surface area contributed by atoms with Crippen LogP contribution in [0.1, 0.15) is 10.4 Å². The molecule has 2 aromatic heterocycles. The van der Waals surface area contributed by atoms with E-state index < -0.39 is 0 Å². The number of carbonyl (C=O) groups is 1. The molecule has 0 aliphatic heterocycles. The summed E-state index contributed by atoms with van der Waals surface area (Å²) in [6, 6.07) is 15.8. The molecule has 1 amide bonds. The van der Waals surface area contributed by atoms with Crippen LogP contribution in [0.3, 0.4) is 0 Å². The van der Waals surface area contributed by atoms with Crippen molar-refractivity contribution in [3.05, 3.63) is 72.6 Å². The highest BCUT2D eigenvalue weighted by atomic mass is 16.3. The molecule has 4 aromatic rings. The zero-order chi connectivity index (χ0) is 18.1. The van der Waals surface area contributed by atoms with Gasteiger partial charge in [-0.3, -0.25) is 9.48 Å². The number of carbonyl (C=O) groups excluding carboxylic acids is 1. The Morgan fingerprint density at radius 1 is 1.12 bits per heavy atom. The van der Waals surface area contributed by atoms with E-state index in [1.165, 1.54) is 6.07 Å². The summed E-state index contributed by atoms with van der Waals surface area (Å²) >= 11 is 0. The minimum atomic E-state index is -0.310. The number of hydrogen-bond acceptors (Lipinski definition) is 4. The number of para-hydroxylation sites is 3. The molecule has 2 aromatic carbocycles. The van der Waals surface area contributed by atoms with Crippen LogP contribution in [0.5, 0.6) is 5.75 Å². The minimum absolute atomic E-state index is 0.0201. The van der Waals surface area contributed by atoms with E-state index in [9.17, 15) is 9.90 Å². The molecule has 2 N–H and O–H groups in total. The Hall–Kier alpha value is -3.67. The minimum Gasteiger partial charge on any atom is -0.506 e. The maximum Gasteiger partial charge on any atom is 0.256 e. The van der Waals surface area contributed by atoms with Crippen LogP contribution in [0, 0.1) is 0 Å². The number of fused-ring (bicyclic) bond motifs is 1. The van der Waals surface area contributed by atoms with Crippen molar-refractivity contribution in [2.75, 3.05) is 5.32 Å². The summed E-state index contributed by atoms with van der Waals surface area (Å²) in [5, 5.41) is 17.6. The van der Waals surface area contributed by atoms with Crippen LogP contribution in [0.25, 0.3) is 22.2 Å². The van der Waals surface area contributed by atoms with E-state index in [2.05, 4.69) is 15.4 Å². The van der Waals surface area contributed by atoms with E-state index in [1.807, 2.05) is 37.5 Å². The second-order valence-electron chi connectivity index (χ2n) is 5.95. The van der Waals surface area contributed by atoms with E-state index >= 15 is 0 Å². The van der Waals surface area contributed by atoms with Crippen LogP contribution in [0.4, 0.5) is 5.69 Å². The van der Waals surface area contributed by atoms with Gasteiger partial charge < -0.3 is 10.4 Å². The van der Waals surface area contributed by atoms with Gasteiger partial charge in [0.05, 0.1) is 28.7 Å². The zero-order valence-corrected chi connectivity index (χ0v) is 14.0. The fourth-order valence-corrected chi connectivity index (χ4v) is 2.83. The smallest absolute Gasteiger partial charge is 0.256 e. The normalized spacial score (nSPS) is 10.8. The number of anilines is 1. The number of phenols is 1. The van der Waals surface area contributed by atoms with Gasteiger partial charge in [0, 0.05) is 24.2 Å². The molecule has 0 saturated carbocycles. The Morgan fingerprint density at radius 3 is 2.65 bits per heavy atom. The molecule has 128 valence electrons. The molecule has 0 fully saturated rings. The van der Waals surface area contributed by atoms with Crippen LogP contribution in [-0.2, 0) is 7.05 Å². The van der Waals surface area contributed by atoms with Crippen LogP contribution < -0.4 is 5.32 Å². The van der Waals surface area contributed by atoms with Crippen molar-refractivity contribution in [1.82, 2.24) is 14.8 Å². The monoisotopic (exact) mass is 344 g/mol. The highest BCUT2D eigenvalue weighted by Gasteiger charge is 2.15. The number of nitrogens with one attached hydrogen (secondary N) is 1. The Labute approximate surface area is 149 Å². The van der Waals surface area contributed by atoms with E-state index in [4.69, 9.17) is 0 Å². The Kier molecular flexibility index (Phi) is 3.85. The highest BCUT2D eigenvalue weighted by Crippen LogP contribution is 2.27. The lowest BCUT2D eigenvalue weighted by Crippen LogP contribution is -2.13. The van der Waals surface area contributed by atoms with E-state index in [-0.39, 0.29) is 11.7 Å². The van der Waals surface area contributed by atoms with Gasteiger partial charge in [-0.2, -0.15) is 5.10 Å². The average molecular weight is 344 g/mol. The van der Waals surface area contributed by atoms with Gasteiger partial charge in [0.1, 0.15) is 5.75 Å². The number of phenolic OH excluding ortho intramolecular Hbond substituents is 1. The second kappa shape index (κ2) is 6.33. The van der Waals surface area contributed by atoms with Crippen molar-refractivity contribution < 1.29 is 9.90 Å². The Balaban J connectivity index is 1.82. The van der Waals surface area contributed by atoms with Gasteiger partial charge in [0.25, 0.3) is 5.91 Å². The molecule has 0 spiro atoms. The van der Waals surface area contributed by atoms with E-state index in [0.29, 0.717) is 16.9 Å². The summed E-state index contributed by atoms with van der Waals surface area (Å²) in [5.41, 5.74) is 3.06. The number of nitrogens with zero attached hydrogens (tertiary/aromatic N) is 3. The summed E-state index contributed by atoms with van der Waals surface area (Å²) < 4.78 is 1.69. The molecule has 0 saturated heterocycles. The van der Waals surface area contributed by atoms with Crippen LogP contribution in [0.2, 0.25) is 0 Å². The fraction of sp³-hybridized carbons (Fsp3) is 0.0500. The lowest BCUT2D eigenvalue weighted by Gasteiger charge is -2.11. The van der Waals surface area contributed by atoms with Gasteiger partial charge in [0.2, 0.25) is 0 Å². The Morgan fingerprint density at radius 2 is 1.88 bits per heavy atom. The van der Waals surface area contributed by atoms with Gasteiger partial charge in [-0.15, -0.1) is 0 Å². The molecular formula is C20H16N4O2. The number of aromatic hydroxyl groups is 1. The van der Waals surface area contributed by atoms with Gasteiger partial charge in [-0.25, -0.2) is 4.98 Å². The molecular weight excluding hydrogens is 328 g/mol. The fourth-order valence-electron chi connectivity index (χ4n) is 2.83. The van der Waals surface area contributed by atoms with E-state index in [1.54, 1.807) is 35.1 Å². The number of pyridine rings is 1. The first-order valence-corrected chi connectivity index (χ1v) is 8.10. The summed E-state index contributed by atoms with van der Waals surface area (Å²) in [6.45, 7) is 0. The van der Waals surface area contributed by atoms with Crippen molar-refractivity contribution in [3.63, 3.8) is 0 Å². The molecule has 26 heavy (non-hydrogen) atoms. The van der Waals surface area contributed by atoms with Crippen molar-refractivity contribution in [2.45, 2.75) is 0 Å². The van der Waals surface area contributed by atoms with Crippen LogP contribution in [-0.4, -0.2) is 25.8 Å². The summed E-state index contributed by atoms with van der Waals surface area (Å²) in [6.07, 6.45) is 3.56. The molecule has 0 aliphatic carbocycles. The van der Waals surface area contributed by atoms with Crippen molar-refractivity contribution in [3.8, 4) is 17.0 Å². The first-order valence-electron chi connectivity index (χ1n) is 8.10. The Bertz CT molecular complexity index is 1120. The van der Waals surface area contributed by atoms with Gasteiger partial charge in [0.15, 0.2) is 0 Å². The number of hydrogen-bond donors (Lipinski definition) is 2. The largest absolute Gasteiger partial charge is 0.506 e. The average Bonchev–Trinajstić information content (AvgIpc) is 3.09. The lowest BCUT2D eigenvalue weighted by molar-refractivity contribution is 0.102. The topological polar surface area (TPSA) is 80.0 Å². The molecule has 2 heterocycles. The van der Waals surface area contributed by atoms with Gasteiger partial charge in [-0.05, 0) is 24.3 Å². The third-order valence-corrected chi connectivity index (χ3v) is 4.11. The molecule has 0 unspecified atom stereocenters. The quantitative estimate of drug-likeness (QED) is 0.557. The number of benzene rings is 2. The molecule has 0 radical (unpaired) electrons. The number of amides is 1. The predicted molar refractivity (Wildman–Crippen MR) is 100 cm³/mol. The molecule has 0 aliphatic rings. The number of aryl methyl sites for hydroxylation is 1. The summed E-state index contributed by atoms with van der Waals surface area (Å²) in [4.78, 5) is 17.5. The standard InChI is InChI=1S/C20H16N4O2/c1-24-12-13(11-21-24)18-10-15(14-6-2-3-7-16(14)22-18)20(26)23-17-8-4-5-9-19(17)25/h2-12,25H,1H3,(H,23,26). The summed E-state index contributed by atoms with van der Waals surface area (Å²) in [5.74, 6) is -0.290. The van der Waals surface area contributed by atoms with E-state index in [0.717, 1.165) is 16.5 Å². The van der Waals surface area contributed by atoms with Crippen LogP contribution >= 0.6 is 0 Å². The lowest BCUT2D eigenvalue weighted by atomic mass is 10.0. The van der Waals surface area contributed by atoms with Crippen molar-refractivity contribution in [1.29, 1.82) is 0 Å². The third-order valence-electron chi connectivity index (χ3n) is 4.11. The first-order chi connectivity index (χ1) is 12.6. The maximum absolute atomic E-state index is 12.9. The molecule has 4 rings (SSSR count). The number of rotatable bonds is 3. The number of aromatic nitrogens is 3. The van der Waals surface area contributed by atoms with Gasteiger partial charge in [-0.1, -0.05) is 30.3 Å². The van der Waals surface area contributed by atoms with Crippen LogP contribution in [0.15, 0.2) is 67.0 Å². The summed E-state index contributed by atoms with van der Waals surface area (Å²) in [7, 11) is 1.83. The molecule has 6 nitrogen and oxygen atoms in total. The third kappa shape index (κ3) is 2.88. The zero-order valence-electron chi connectivity index (χ0n) is 14.0. The molecule has 0 atom stereocenters. The SMILES string of the molecule is Cn1cc(-c2cc(C(=O)Nc3ccccc3O)c3ccccc3n2)cn1. The second-order valence-corrected chi connectivity index (χ2v) is 5.95.